The lowest BCUT2D eigenvalue weighted by atomic mass is 10.1. The molecule has 0 saturated heterocycles. The Labute approximate surface area is 191 Å². The zero-order chi connectivity index (χ0) is 22.6. The van der Waals surface area contributed by atoms with Crippen LogP contribution in [0, 0.1) is 0 Å². The molecule has 7 nitrogen and oxygen atoms in total. The fourth-order valence-electron chi connectivity index (χ4n) is 4.50. The number of hydrogen-bond acceptors (Lipinski definition) is 4. The summed E-state index contributed by atoms with van der Waals surface area (Å²) in [5, 5.41) is 6.59. The van der Waals surface area contributed by atoms with Crippen LogP contribution in [0.1, 0.15) is 48.9 Å². The van der Waals surface area contributed by atoms with Crippen LogP contribution >= 0.6 is 0 Å². The second-order valence-corrected chi connectivity index (χ2v) is 8.56. The van der Waals surface area contributed by atoms with Gasteiger partial charge < -0.3 is 15.6 Å². The van der Waals surface area contributed by atoms with Gasteiger partial charge in [-0.15, -0.1) is 0 Å². The fraction of sp³-hybridized carbons (Fsp3) is 0.269. The fourth-order valence-corrected chi connectivity index (χ4v) is 4.50. The highest BCUT2D eigenvalue weighted by atomic mass is 16.1. The van der Waals surface area contributed by atoms with E-state index in [-0.39, 0.29) is 17.5 Å². The van der Waals surface area contributed by atoms with E-state index in [1.54, 1.807) is 18.5 Å². The van der Waals surface area contributed by atoms with Gasteiger partial charge in [-0.05, 0) is 55.3 Å². The molecule has 3 N–H and O–H groups in total. The van der Waals surface area contributed by atoms with E-state index in [0.717, 1.165) is 41.1 Å². The molecule has 1 aromatic carbocycles. The number of amides is 1. The summed E-state index contributed by atoms with van der Waals surface area (Å²) in [7, 11) is 0. The maximum absolute atomic E-state index is 12.7. The standard InChI is InChI=1S/C26H27N5O2/c32-24-17-19(13-14-27-24)23-12-11-22(25-28-15-16-31(23)25)29-21-9-7-18(8-10-21)26(33)30-20-5-3-1-2-4-6-20/h7-17,20,29H,1-6H2,(H,27,32)(H,30,33). The normalized spacial score (nSPS) is 14.7. The molecule has 33 heavy (non-hydrogen) atoms. The summed E-state index contributed by atoms with van der Waals surface area (Å²) < 4.78 is 1.95. The Morgan fingerprint density at radius 3 is 2.55 bits per heavy atom. The van der Waals surface area contributed by atoms with Crippen LogP contribution in [0.4, 0.5) is 11.4 Å². The first kappa shape index (κ1) is 21.0. The van der Waals surface area contributed by atoms with Crippen molar-refractivity contribution in [3.63, 3.8) is 0 Å². The minimum absolute atomic E-state index is 0.00806. The van der Waals surface area contributed by atoms with E-state index in [4.69, 9.17) is 0 Å². The summed E-state index contributed by atoms with van der Waals surface area (Å²) in [6, 6.07) is 15.1. The average Bonchev–Trinajstić information content (AvgIpc) is 3.18. The van der Waals surface area contributed by atoms with Crippen LogP contribution in [0.2, 0.25) is 0 Å². The molecule has 3 heterocycles. The highest BCUT2D eigenvalue weighted by molar-refractivity contribution is 5.95. The van der Waals surface area contributed by atoms with Crippen LogP contribution in [0.25, 0.3) is 16.9 Å². The highest BCUT2D eigenvalue weighted by Crippen LogP contribution is 2.27. The van der Waals surface area contributed by atoms with Crippen LogP contribution in [0.3, 0.4) is 0 Å². The number of carbonyl (C=O) groups excluding carboxylic acids is 1. The summed E-state index contributed by atoms with van der Waals surface area (Å²) in [6.45, 7) is 0. The van der Waals surface area contributed by atoms with Crippen LogP contribution in [0.15, 0.2) is 71.9 Å². The van der Waals surface area contributed by atoms with E-state index in [9.17, 15) is 9.59 Å². The number of H-pyrrole nitrogens is 1. The first-order valence-corrected chi connectivity index (χ1v) is 11.5. The zero-order valence-electron chi connectivity index (χ0n) is 18.4. The number of carbonyl (C=O) groups is 1. The summed E-state index contributed by atoms with van der Waals surface area (Å²) in [5.41, 5.74) is 4.68. The summed E-state index contributed by atoms with van der Waals surface area (Å²) in [5.74, 6) is -0.00806. The van der Waals surface area contributed by atoms with Crippen molar-refractivity contribution in [1.29, 1.82) is 0 Å². The van der Waals surface area contributed by atoms with Crippen molar-refractivity contribution in [2.45, 2.75) is 44.6 Å². The largest absolute Gasteiger partial charge is 0.352 e. The van der Waals surface area contributed by atoms with Crippen LogP contribution in [-0.2, 0) is 0 Å². The average molecular weight is 442 g/mol. The minimum Gasteiger partial charge on any atom is -0.352 e. The van der Waals surface area contributed by atoms with E-state index in [0.29, 0.717) is 5.56 Å². The molecule has 0 bridgehead atoms. The first-order chi connectivity index (χ1) is 16.2. The van der Waals surface area contributed by atoms with Gasteiger partial charge in [-0.3, -0.25) is 14.0 Å². The molecule has 3 aromatic heterocycles. The van der Waals surface area contributed by atoms with Crippen molar-refractivity contribution in [2.24, 2.45) is 0 Å². The van der Waals surface area contributed by atoms with E-state index < -0.39 is 0 Å². The Balaban J connectivity index is 1.33. The molecule has 1 fully saturated rings. The molecule has 0 aliphatic heterocycles. The van der Waals surface area contributed by atoms with Crippen molar-refractivity contribution >= 4 is 22.9 Å². The SMILES string of the molecule is O=C(NC1CCCCCC1)c1ccc(Nc2ccc(-c3cc[nH]c(=O)c3)n3ccnc23)cc1. The molecule has 1 amide bonds. The number of fused-ring (bicyclic) bond motifs is 1. The molecule has 168 valence electrons. The molecule has 0 radical (unpaired) electrons. The number of nitrogens with one attached hydrogen (secondary N) is 3. The molecule has 7 heteroatoms. The Morgan fingerprint density at radius 2 is 1.79 bits per heavy atom. The first-order valence-electron chi connectivity index (χ1n) is 11.5. The molecule has 1 aliphatic rings. The van der Waals surface area contributed by atoms with Gasteiger partial charge in [0.1, 0.15) is 0 Å². The monoisotopic (exact) mass is 441 g/mol. The molecular weight excluding hydrogens is 414 g/mol. The van der Waals surface area contributed by atoms with Crippen molar-refractivity contribution < 1.29 is 4.79 Å². The molecule has 0 spiro atoms. The van der Waals surface area contributed by atoms with Crippen molar-refractivity contribution in [1.82, 2.24) is 19.7 Å². The van der Waals surface area contributed by atoms with Gasteiger partial charge in [-0.25, -0.2) is 4.98 Å². The van der Waals surface area contributed by atoms with Gasteiger partial charge in [0.15, 0.2) is 5.65 Å². The molecule has 1 saturated carbocycles. The number of benzene rings is 1. The third kappa shape index (κ3) is 4.67. The predicted molar refractivity (Wildman–Crippen MR) is 130 cm³/mol. The van der Waals surface area contributed by atoms with Crippen LogP contribution in [0.5, 0.6) is 0 Å². The number of imidazole rings is 1. The van der Waals surface area contributed by atoms with E-state index >= 15 is 0 Å². The van der Waals surface area contributed by atoms with Crippen molar-refractivity contribution in [3.8, 4) is 11.3 Å². The topological polar surface area (TPSA) is 91.3 Å². The number of aromatic nitrogens is 3. The van der Waals surface area contributed by atoms with Gasteiger partial charge >= 0.3 is 0 Å². The number of nitrogens with zero attached hydrogens (tertiary/aromatic N) is 2. The van der Waals surface area contributed by atoms with Crippen molar-refractivity contribution in [2.75, 3.05) is 5.32 Å². The molecule has 1 aliphatic carbocycles. The number of anilines is 2. The lowest BCUT2D eigenvalue weighted by molar-refractivity contribution is 0.0933. The van der Waals surface area contributed by atoms with Gasteiger partial charge in [0, 0.05) is 47.5 Å². The van der Waals surface area contributed by atoms with Crippen LogP contribution < -0.4 is 16.2 Å². The number of pyridine rings is 2. The van der Waals surface area contributed by atoms with E-state index in [2.05, 4.69) is 20.6 Å². The van der Waals surface area contributed by atoms with Gasteiger partial charge in [0.25, 0.3) is 5.91 Å². The number of hydrogen-bond donors (Lipinski definition) is 3. The number of aromatic amines is 1. The zero-order valence-corrected chi connectivity index (χ0v) is 18.4. The highest BCUT2D eigenvalue weighted by Gasteiger charge is 2.16. The predicted octanol–water partition coefficient (Wildman–Crippen LogP) is 4.89. The quantitative estimate of drug-likeness (QED) is 0.385. The second kappa shape index (κ2) is 9.32. The lowest BCUT2D eigenvalue weighted by Crippen LogP contribution is -2.34. The van der Waals surface area contributed by atoms with E-state index in [1.807, 2.05) is 53.1 Å². The van der Waals surface area contributed by atoms with Gasteiger partial charge in [0.2, 0.25) is 5.56 Å². The summed E-state index contributed by atoms with van der Waals surface area (Å²) >= 11 is 0. The maximum Gasteiger partial charge on any atom is 0.251 e. The molecule has 4 aromatic rings. The maximum atomic E-state index is 12.7. The molecule has 0 atom stereocenters. The summed E-state index contributed by atoms with van der Waals surface area (Å²) in [6.07, 6.45) is 12.3. The number of rotatable bonds is 5. The van der Waals surface area contributed by atoms with Crippen molar-refractivity contribution in [3.05, 3.63) is 83.0 Å². The Morgan fingerprint density at radius 1 is 1.00 bits per heavy atom. The molecule has 5 rings (SSSR count). The minimum atomic E-state index is -0.147. The lowest BCUT2D eigenvalue weighted by Gasteiger charge is -2.16. The van der Waals surface area contributed by atoms with Gasteiger partial charge in [-0.1, -0.05) is 25.7 Å². The Bertz CT molecular complexity index is 1310. The molecular formula is C26H27N5O2. The summed E-state index contributed by atoms with van der Waals surface area (Å²) in [4.78, 5) is 31.5. The molecule has 0 unspecified atom stereocenters. The second-order valence-electron chi connectivity index (χ2n) is 8.56. The third-order valence-corrected chi connectivity index (χ3v) is 6.24. The van der Waals surface area contributed by atoms with Crippen LogP contribution in [-0.4, -0.2) is 26.3 Å². The Kier molecular flexibility index (Phi) is 5.93. The van der Waals surface area contributed by atoms with Gasteiger partial charge in [0.05, 0.1) is 11.4 Å². The third-order valence-electron chi connectivity index (χ3n) is 6.24. The smallest absolute Gasteiger partial charge is 0.251 e. The van der Waals surface area contributed by atoms with Gasteiger partial charge in [-0.2, -0.15) is 0 Å². The Hall–Kier alpha value is -3.87. The van der Waals surface area contributed by atoms with E-state index in [1.165, 1.54) is 25.7 Å².